The molecule has 2 heterocycles. The first-order chi connectivity index (χ1) is 7.93. The van der Waals surface area contributed by atoms with Crippen LogP contribution in [0.5, 0.6) is 0 Å². The molecule has 0 aliphatic carbocycles. The molecule has 0 bridgehead atoms. The number of aliphatic imine (C=N–C) groups is 1. The van der Waals surface area contributed by atoms with Gasteiger partial charge in [-0.1, -0.05) is 18.2 Å². The highest BCUT2D eigenvalue weighted by Gasteiger charge is 2.07. The summed E-state index contributed by atoms with van der Waals surface area (Å²) >= 11 is 1.74. The van der Waals surface area contributed by atoms with Gasteiger partial charge in [0.25, 0.3) is 0 Å². The van der Waals surface area contributed by atoms with Gasteiger partial charge in [0.1, 0.15) is 5.01 Å². The minimum Gasteiger partial charge on any atom is -0.265 e. The maximum absolute atomic E-state index is 4.63. The molecule has 3 rings (SSSR count). The van der Waals surface area contributed by atoms with Gasteiger partial charge in [0.15, 0.2) is 0 Å². The van der Waals surface area contributed by atoms with E-state index in [1.165, 1.54) is 10.3 Å². The summed E-state index contributed by atoms with van der Waals surface area (Å²) < 4.78 is 1.24. The van der Waals surface area contributed by atoms with E-state index in [0.29, 0.717) is 0 Å². The molecule has 1 aromatic heterocycles. The SMILES string of the molecule is C1=CN=CC=C(c2nc3ccccc3s2)C1. The fraction of sp³-hybridized carbons (Fsp3) is 0.0769. The first-order valence-corrected chi connectivity index (χ1v) is 5.98. The first kappa shape index (κ1) is 9.48. The molecule has 1 aromatic carbocycles. The third-order valence-corrected chi connectivity index (χ3v) is 3.57. The van der Waals surface area contributed by atoms with Crippen molar-refractivity contribution in [1.82, 2.24) is 4.98 Å². The second-order valence-electron chi connectivity index (χ2n) is 3.57. The highest BCUT2D eigenvalue weighted by Crippen LogP contribution is 2.28. The number of fused-ring (bicyclic) bond motifs is 1. The predicted molar refractivity (Wildman–Crippen MR) is 69.8 cm³/mol. The highest BCUT2D eigenvalue weighted by molar-refractivity contribution is 7.19. The van der Waals surface area contributed by atoms with E-state index >= 15 is 0 Å². The van der Waals surface area contributed by atoms with E-state index in [1.807, 2.05) is 30.6 Å². The number of nitrogens with zero attached hydrogens (tertiary/aromatic N) is 2. The fourth-order valence-corrected chi connectivity index (χ4v) is 2.66. The Morgan fingerprint density at radius 1 is 1.19 bits per heavy atom. The predicted octanol–water partition coefficient (Wildman–Crippen LogP) is 3.67. The van der Waals surface area contributed by atoms with Crippen LogP contribution in [0.15, 0.2) is 47.6 Å². The minimum atomic E-state index is 0.903. The highest BCUT2D eigenvalue weighted by atomic mass is 32.1. The summed E-state index contributed by atoms with van der Waals surface area (Å²) in [5, 5.41) is 1.10. The number of para-hydroxylation sites is 1. The molecule has 0 saturated heterocycles. The van der Waals surface area contributed by atoms with Crippen LogP contribution in [0.2, 0.25) is 0 Å². The van der Waals surface area contributed by atoms with Crippen molar-refractivity contribution in [3.8, 4) is 0 Å². The topological polar surface area (TPSA) is 25.2 Å². The Morgan fingerprint density at radius 2 is 2.12 bits per heavy atom. The van der Waals surface area contributed by atoms with Crippen LogP contribution in [0, 0.1) is 0 Å². The van der Waals surface area contributed by atoms with Gasteiger partial charge in [0, 0.05) is 12.4 Å². The average molecular weight is 226 g/mol. The minimum absolute atomic E-state index is 0.903. The standard InChI is InChI=1S/C13H10N2S/c1-2-6-12-11(5-1)15-13(16-12)10-4-3-8-14-9-7-10/h1-3,5-9H,4H2. The Kier molecular flexibility index (Phi) is 2.38. The maximum Gasteiger partial charge on any atom is 0.120 e. The third kappa shape index (κ3) is 1.70. The number of aromatic nitrogens is 1. The van der Waals surface area contributed by atoms with Crippen LogP contribution in [0.4, 0.5) is 0 Å². The van der Waals surface area contributed by atoms with E-state index in [2.05, 4.69) is 28.2 Å². The molecule has 0 amide bonds. The molecule has 0 fully saturated rings. The molecule has 3 heteroatoms. The second kappa shape index (κ2) is 4.02. The number of benzene rings is 1. The molecule has 0 radical (unpaired) electrons. The van der Waals surface area contributed by atoms with Crippen molar-refractivity contribution in [2.45, 2.75) is 6.42 Å². The first-order valence-electron chi connectivity index (χ1n) is 5.17. The van der Waals surface area contributed by atoms with Gasteiger partial charge >= 0.3 is 0 Å². The molecular formula is C13H10N2S. The zero-order valence-electron chi connectivity index (χ0n) is 8.63. The quantitative estimate of drug-likeness (QED) is 0.728. The number of hydrogen-bond acceptors (Lipinski definition) is 3. The van der Waals surface area contributed by atoms with Crippen LogP contribution in [0.25, 0.3) is 15.8 Å². The van der Waals surface area contributed by atoms with Gasteiger partial charge in [-0.05, 0) is 30.2 Å². The van der Waals surface area contributed by atoms with Gasteiger partial charge in [0.05, 0.1) is 10.2 Å². The van der Waals surface area contributed by atoms with Gasteiger partial charge in [0.2, 0.25) is 0 Å². The van der Waals surface area contributed by atoms with E-state index in [0.717, 1.165) is 16.9 Å². The zero-order chi connectivity index (χ0) is 10.8. The van der Waals surface area contributed by atoms with Crippen LogP contribution in [0.1, 0.15) is 11.4 Å². The monoisotopic (exact) mass is 226 g/mol. The van der Waals surface area contributed by atoms with Gasteiger partial charge in [-0.25, -0.2) is 4.98 Å². The average Bonchev–Trinajstić information content (AvgIpc) is 2.56. The molecule has 1 aliphatic rings. The number of thiazole rings is 1. The maximum atomic E-state index is 4.63. The van der Waals surface area contributed by atoms with Crippen LogP contribution >= 0.6 is 11.3 Å². The normalized spacial score (nSPS) is 15.1. The number of allylic oxidation sites excluding steroid dienone is 3. The fourth-order valence-electron chi connectivity index (χ4n) is 1.66. The molecule has 2 nitrogen and oxygen atoms in total. The van der Waals surface area contributed by atoms with Gasteiger partial charge in [-0.3, -0.25) is 4.99 Å². The number of rotatable bonds is 1. The van der Waals surface area contributed by atoms with Crippen molar-refractivity contribution >= 4 is 33.3 Å². The van der Waals surface area contributed by atoms with Crippen molar-refractivity contribution in [3.05, 3.63) is 47.6 Å². The molecular weight excluding hydrogens is 216 g/mol. The van der Waals surface area contributed by atoms with Crippen LogP contribution in [-0.4, -0.2) is 11.2 Å². The van der Waals surface area contributed by atoms with Gasteiger partial charge < -0.3 is 0 Å². The Labute approximate surface area is 97.7 Å². The van der Waals surface area contributed by atoms with E-state index in [4.69, 9.17) is 0 Å². The lowest BCUT2D eigenvalue weighted by molar-refractivity contribution is 1.34. The van der Waals surface area contributed by atoms with Crippen LogP contribution in [0.3, 0.4) is 0 Å². The van der Waals surface area contributed by atoms with Crippen molar-refractivity contribution < 1.29 is 0 Å². The Hall–Kier alpha value is -1.74. The van der Waals surface area contributed by atoms with Crippen LogP contribution in [-0.2, 0) is 0 Å². The summed E-state index contributed by atoms with van der Waals surface area (Å²) in [6, 6.07) is 8.23. The van der Waals surface area contributed by atoms with Gasteiger partial charge in [-0.2, -0.15) is 0 Å². The van der Waals surface area contributed by atoms with Crippen molar-refractivity contribution in [1.29, 1.82) is 0 Å². The largest absolute Gasteiger partial charge is 0.265 e. The van der Waals surface area contributed by atoms with E-state index in [9.17, 15) is 0 Å². The third-order valence-electron chi connectivity index (χ3n) is 2.46. The van der Waals surface area contributed by atoms with Gasteiger partial charge in [-0.15, -0.1) is 11.3 Å². The van der Waals surface area contributed by atoms with Crippen molar-refractivity contribution in [3.63, 3.8) is 0 Å². The molecule has 0 atom stereocenters. The summed E-state index contributed by atoms with van der Waals surface area (Å²) in [7, 11) is 0. The van der Waals surface area contributed by atoms with Crippen LogP contribution < -0.4 is 0 Å². The zero-order valence-corrected chi connectivity index (χ0v) is 9.45. The lowest BCUT2D eigenvalue weighted by Crippen LogP contribution is -1.81. The summed E-state index contributed by atoms with van der Waals surface area (Å²) in [6.45, 7) is 0. The lowest BCUT2D eigenvalue weighted by atomic mass is 10.2. The second-order valence-corrected chi connectivity index (χ2v) is 4.60. The van der Waals surface area contributed by atoms with Crippen molar-refractivity contribution in [2.75, 3.05) is 0 Å². The van der Waals surface area contributed by atoms with E-state index in [-0.39, 0.29) is 0 Å². The van der Waals surface area contributed by atoms with E-state index in [1.54, 1.807) is 11.3 Å². The number of hydrogen-bond donors (Lipinski definition) is 0. The summed E-state index contributed by atoms with van der Waals surface area (Å²) in [6.07, 6.45) is 8.65. The summed E-state index contributed by atoms with van der Waals surface area (Å²) in [4.78, 5) is 8.73. The molecule has 0 spiro atoms. The molecule has 78 valence electrons. The summed E-state index contributed by atoms with van der Waals surface area (Å²) in [5.41, 5.74) is 2.31. The molecule has 0 N–H and O–H groups in total. The molecule has 2 aromatic rings. The Morgan fingerprint density at radius 3 is 3.06 bits per heavy atom. The molecule has 1 aliphatic heterocycles. The van der Waals surface area contributed by atoms with E-state index < -0.39 is 0 Å². The smallest absolute Gasteiger partial charge is 0.120 e. The Balaban J connectivity index is 2.09. The molecule has 0 saturated carbocycles. The Bertz CT molecular complexity index is 572. The summed E-state index contributed by atoms with van der Waals surface area (Å²) in [5.74, 6) is 0. The van der Waals surface area contributed by atoms with Crippen molar-refractivity contribution in [2.24, 2.45) is 4.99 Å². The molecule has 16 heavy (non-hydrogen) atoms. The molecule has 0 unspecified atom stereocenters. The lowest BCUT2D eigenvalue weighted by Gasteiger charge is -1.95.